The molecule has 0 aliphatic carbocycles. The molecule has 4 fully saturated rings. The third kappa shape index (κ3) is 30.4. The van der Waals surface area contributed by atoms with Crippen molar-refractivity contribution in [3.05, 3.63) is 96.1 Å². The predicted molar refractivity (Wildman–Crippen MR) is 392 cm³/mol. The normalized spacial score (nSPS) is 19.4. The average molecular weight is 1600 g/mol. The maximum absolute atomic E-state index is 13.9. The number of unbranched alkanes of at least 4 members (excludes halogenated alkanes) is 2. The van der Waals surface area contributed by atoms with Gasteiger partial charge in [-0.1, -0.05) is 52.0 Å². The van der Waals surface area contributed by atoms with Crippen LogP contribution in [-0.4, -0.2) is 241 Å². The molecule has 110 heavy (non-hydrogen) atoms. The number of aliphatic hydroxyl groups is 2. The number of carbonyl (C=O) groups excluding carboxylic acids is 6. The van der Waals surface area contributed by atoms with Crippen LogP contribution >= 0.6 is 0 Å². The van der Waals surface area contributed by atoms with Gasteiger partial charge in [0.05, 0.1) is 85.6 Å². The molecule has 0 aromatic heterocycles. The van der Waals surface area contributed by atoms with Gasteiger partial charge >= 0.3 is 53.7 Å². The van der Waals surface area contributed by atoms with Crippen LogP contribution in [0.4, 0.5) is 9.59 Å². The Hall–Kier alpha value is -7.14. The molecular formula is C73H105BN6NaO27S2. The summed E-state index contributed by atoms with van der Waals surface area (Å²) in [7, 11) is 0.297. The van der Waals surface area contributed by atoms with E-state index in [1.54, 1.807) is 12.1 Å². The van der Waals surface area contributed by atoms with Gasteiger partial charge < -0.3 is 106 Å². The van der Waals surface area contributed by atoms with Crippen LogP contribution < -0.4 is 74.3 Å². The number of amides is 2. The number of carbonyl (C=O) groups is 6. The van der Waals surface area contributed by atoms with Crippen LogP contribution in [-0.2, 0) is 94.9 Å². The monoisotopic (exact) mass is 1600 g/mol. The Balaban J connectivity index is 0.000000330. The summed E-state index contributed by atoms with van der Waals surface area (Å²) < 4.78 is 129. The summed E-state index contributed by atoms with van der Waals surface area (Å²) in [6.45, 7) is 17.2. The summed E-state index contributed by atoms with van der Waals surface area (Å²) in [5.74, 6) is 1.08. The molecule has 3 radical (unpaired) electrons. The van der Waals surface area contributed by atoms with Crippen LogP contribution in [0.5, 0.6) is 34.5 Å². The number of hydrogen-bond donors (Lipinski definition) is 5. The van der Waals surface area contributed by atoms with Gasteiger partial charge in [0.15, 0.2) is 35.6 Å². The van der Waals surface area contributed by atoms with E-state index in [0.29, 0.717) is 61.7 Å². The SMILES string of the molecule is C=O.CC(=O)OOC(C)=O.CC(C)CN(C[C@@H](O)[C@H](Cc1ccc(OCCCCN(C)C)cc1)NC(=O)O[C@@H]1CO[C@H]2OCC[C@H]21)S(=O)(=O)c1ccc2c(c1)OCO2.CC(C)CN(C[C@@H](O)[C@H](Cc1ccc(OCCCCN)cc1)NC(=O)O[C@@H]1CO[C@H]2OCC[C@H]21)S(=O)(=O)c1ccc2c(c1)OCO2.[B-]OC(C)=O.[Na+]. The first-order chi connectivity index (χ1) is 52.0. The molecule has 33 nitrogen and oxygen atoms in total. The van der Waals surface area contributed by atoms with Crippen molar-refractivity contribution in [2.24, 2.45) is 29.4 Å². The smallest absolute Gasteiger partial charge is 0.793 e. The van der Waals surface area contributed by atoms with Gasteiger partial charge in [-0.2, -0.15) is 8.61 Å². The zero-order chi connectivity index (χ0) is 79.8. The molecule has 37 heteroatoms. The summed E-state index contributed by atoms with van der Waals surface area (Å²) in [6, 6.07) is 21.9. The van der Waals surface area contributed by atoms with Crippen molar-refractivity contribution < 1.29 is 157 Å². The fourth-order valence-electron chi connectivity index (χ4n) is 11.9. The van der Waals surface area contributed by atoms with Gasteiger partial charge in [0.1, 0.15) is 30.5 Å². The summed E-state index contributed by atoms with van der Waals surface area (Å²) in [6.07, 6.45) is -0.186. The number of nitrogens with one attached hydrogen (secondary N) is 2. The minimum absolute atomic E-state index is 0. The zero-order valence-corrected chi connectivity index (χ0v) is 67.8. The van der Waals surface area contributed by atoms with Crippen LogP contribution in [0, 0.1) is 23.7 Å². The van der Waals surface area contributed by atoms with Gasteiger partial charge in [0, 0.05) is 59.1 Å². The molecular weight excluding hydrogens is 1490 g/mol. The Morgan fingerprint density at radius 3 is 1.30 bits per heavy atom. The molecule has 6 heterocycles. The number of benzene rings is 4. The summed E-state index contributed by atoms with van der Waals surface area (Å²) in [5, 5.41) is 28.9. The molecule has 0 bridgehead atoms. The van der Waals surface area contributed by atoms with E-state index in [1.165, 1.54) is 39.8 Å². The first-order valence-corrected chi connectivity index (χ1v) is 38.8. The van der Waals surface area contributed by atoms with E-state index in [2.05, 4.69) is 38.0 Å². The number of nitrogens with two attached hydrogens (primary N) is 1. The number of sulfonamides is 2. The Bertz CT molecular complexity index is 3710. The zero-order valence-electron chi connectivity index (χ0n) is 64.2. The predicted octanol–water partition coefficient (Wildman–Crippen LogP) is 2.36. The van der Waals surface area contributed by atoms with Crippen molar-refractivity contribution in [2.45, 2.75) is 159 Å². The van der Waals surface area contributed by atoms with Crippen LogP contribution in [0.15, 0.2) is 94.7 Å². The van der Waals surface area contributed by atoms with Gasteiger partial charge in [0.2, 0.25) is 39.6 Å². The molecule has 6 aliphatic rings. The largest absolute Gasteiger partial charge is 1.00 e. The molecule has 0 unspecified atom stereocenters. The van der Waals surface area contributed by atoms with Crippen LogP contribution in [0.2, 0.25) is 0 Å². The molecule has 10 atom stereocenters. The molecule has 10 rings (SSSR count). The molecule has 0 saturated carbocycles. The van der Waals surface area contributed by atoms with Crippen LogP contribution in [0.25, 0.3) is 0 Å². The third-order valence-corrected chi connectivity index (χ3v) is 20.9. The molecule has 4 aromatic carbocycles. The second-order valence-electron chi connectivity index (χ2n) is 27.2. The quantitative estimate of drug-likeness (QED) is 0.0198. The van der Waals surface area contributed by atoms with E-state index >= 15 is 0 Å². The van der Waals surface area contributed by atoms with E-state index in [4.69, 9.17) is 67.4 Å². The molecule has 6 N–H and O–H groups in total. The molecule has 4 saturated heterocycles. The minimum Gasteiger partial charge on any atom is -0.793 e. The van der Waals surface area contributed by atoms with Gasteiger partial charge in [-0.15, -0.1) is 0 Å². The number of hydrogen-bond acceptors (Lipinski definition) is 29. The van der Waals surface area contributed by atoms with Crippen molar-refractivity contribution in [1.82, 2.24) is 24.1 Å². The van der Waals surface area contributed by atoms with E-state index in [-0.39, 0.29) is 141 Å². The summed E-state index contributed by atoms with van der Waals surface area (Å²) in [4.78, 5) is 73.4. The number of ether oxygens (including phenoxy) is 12. The van der Waals surface area contributed by atoms with Gasteiger partial charge in [-0.05, 0) is 150 Å². The number of alkyl carbamates (subject to hydrolysis) is 2. The van der Waals surface area contributed by atoms with Crippen molar-refractivity contribution in [3.63, 3.8) is 0 Å². The molecule has 2 amide bonds. The van der Waals surface area contributed by atoms with E-state index < -0.39 is 86.6 Å². The maximum atomic E-state index is 13.9. The number of rotatable bonds is 33. The minimum atomic E-state index is -4.06. The Labute approximate surface area is 667 Å². The summed E-state index contributed by atoms with van der Waals surface area (Å²) in [5.41, 5.74) is 7.18. The number of fused-ring (bicyclic) bond motifs is 4. The van der Waals surface area contributed by atoms with Gasteiger partial charge in [-0.3, -0.25) is 4.79 Å². The van der Waals surface area contributed by atoms with Crippen molar-refractivity contribution in [2.75, 3.05) is 107 Å². The molecule has 6 aliphatic heterocycles. The summed E-state index contributed by atoms with van der Waals surface area (Å²) >= 11 is 0. The molecule has 605 valence electrons. The van der Waals surface area contributed by atoms with Crippen LogP contribution in [0.3, 0.4) is 0 Å². The number of nitrogens with zero attached hydrogens (tertiary/aromatic N) is 3. The standard InChI is InChI=1S/C34H49N3O10S.C32H45N3O10S.C4H6O4.C2H3BO2.CH2O.Na/c1-23(2)19-37(48(40,41)26-11-12-30-31(18-26)46-22-45-30)20-29(38)28(35-34(39)47-32-21-44-33-27(32)13-16-43-33)17-24-7-9-25(10-8-24)42-15-6-5-14-36(3)4;1-21(2)17-35(46(38,39)24-9-10-28-29(16-24)44-20-43-28)18-27(36)26(15-22-5-7-23(8-6-22)40-13-4-3-12-33)34-32(37)45-30-19-42-31-25(30)11-14-41-31;1-3(5)7-8-4(2)6;1-2(4)5-3;1-2;/h7-12,18,23,27-29,32-33,38H,5-6,13-17,19-22H2,1-4H3,(H,35,39);5-10,16,21,25-27,30-31,36H,3-4,11-15,17-20,33H2,1-2H3,(H,34,37);1-2H3;1H3;1H2;/q;;;-1;;+1/t27-,28-,29+,32+,33+;25-,26-,27+,30+,31+;;;;/m00..../s1. The van der Waals surface area contributed by atoms with E-state index in [0.717, 1.165) is 75.8 Å². The first-order valence-electron chi connectivity index (χ1n) is 35.9. The Morgan fingerprint density at radius 2 is 0.945 bits per heavy atom. The Kier molecular flexibility index (Phi) is 40.3. The Morgan fingerprint density at radius 1 is 0.564 bits per heavy atom. The average Bonchev–Trinajstić information content (AvgIpc) is 1.74. The second-order valence-corrected chi connectivity index (χ2v) is 31.1. The van der Waals surface area contributed by atoms with Gasteiger partial charge in [0.25, 0.3) is 0 Å². The van der Waals surface area contributed by atoms with Crippen molar-refractivity contribution in [3.8, 4) is 34.5 Å². The van der Waals surface area contributed by atoms with Crippen molar-refractivity contribution in [1.29, 1.82) is 0 Å². The maximum Gasteiger partial charge on any atom is 1.00 e. The van der Waals surface area contributed by atoms with E-state index in [1.807, 2.05) is 97.1 Å². The topological polar surface area (TPSA) is 409 Å². The fourth-order valence-corrected chi connectivity index (χ4v) is 15.2. The third-order valence-electron chi connectivity index (χ3n) is 17.2. The van der Waals surface area contributed by atoms with Gasteiger partial charge in [-0.25, -0.2) is 45.8 Å². The van der Waals surface area contributed by atoms with E-state index in [9.17, 15) is 51.0 Å². The first kappa shape index (κ1) is 93.5. The van der Waals surface area contributed by atoms with Crippen molar-refractivity contribution >= 4 is 65.0 Å². The second kappa shape index (κ2) is 47.4. The molecule has 0 spiro atoms. The number of aliphatic hydroxyl groups excluding tert-OH is 2. The van der Waals surface area contributed by atoms with Crippen LogP contribution in [0.1, 0.15) is 98.1 Å². The molecule has 4 aromatic rings. The fraction of sp³-hybridized carbons (Fsp3) is 0.589.